The molecular formula is C20H20N8O. The maximum absolute atomic E-state index is 12.0. The van der Waals surface area contributed by atoms with Crippen LogP contribution in [0.4, 0.5) is 23.1 Å². The summed E-state index contributed by atoms with van der Waals surface area (Å²) in [5.41, 5.74) is 1.57. The predicted octanol–water partition coefficient (Wildman–Crippen LogP) is 2.91. The Balaban J connectivity index is 1.43. The van der Waals surface area contributed by atoms with Crippen LogP contribution < -0.4 is 16.0 Å². The first-order valence-electron chi connectivity index (χ1n) is 9.77. The highest BCUT2D eigenvalue weighted by Crippen LogP contribution is 2.31. The SMILES string of the molecule is N#Cc1cnc2c(Nc3cccc(NC(=O)C4CC4)n3)cc(NCC3CC3)nn12. The molecule has 3 N–H and O–H groups in total. The summed E-state index contributed by atoms with van der Waals surface area (Å²) >= 11 is 0. The molecule has 9 nitrogen and oxygen atoms in total. The van der Waals surface area contributed by atoms with Crippen LogP contribution in [0.25, 0.3) is 5.65 Å². The Bertz CT molecular complexity index is 1120. The third-order valence-corrected chi connectivity index (χ3v) is 5.06. The van der Waals surface area contributed by atoms with E-state index >= 15 is 0 Å². The average Bonchev–Trinajstić information content (AvgIpc) is 3.64. The molecule has 2 fully saturated rings. The number of carbonyl (C=O) groups excluding carboxylic acids is 1. The van der Waals surface area contributed by atoms with Gasteiger partial charge in [0.1, 0.15) is 23.5 Å². The second-order valence-electron chi connectivity index (χ2n) is 7.55. The van der Waals surface area contributed by atoms with Crippen LogP contribution in [0.1, 0.15) is 31.4 Å². The van der Waals surface area contributed by atoms with E-state index in [1.54, 1.807) is 6.07 Å². The molecule has 3 aromatic heterocycles. The predicted molar refractivity (Wildman–Crippen MR) is 108 cm³/mol. The largest absolute Gasteiger partial charge is 0.368 e. The first-order valence-corrected chi connectivity index (χ1v) is 9.77. The molecule has 0 atom stereocenters. The van der Waals surface area contributed by atoms with E-state index in [2.05, 4.69) is 37.1 Å². The number of aromatic nitrogens is 4. The highest BCUT2D eigenvalue weighted by Gasteiger charge is 2.29. The normalized spacial score (nSPS) is 15.7. The molecule has 2 aliphatic rings. The molecule has 0 aliphatic heterocycles. The summed E-state index contributed by atoms with van der Waals surface area (Å²) in [6, 6.07) is 9.38. The van der Waals surface area contributed by atoms with Crippen molar-refractivity contribution in [3.63, 3.8) is 0 Å². The monoisotopic (exact) mass is 388 g/mol. The molecule has 0 unspecified atom stereocenters. The summed E-state index contributed by atoms with van der Waals surface area (Å²) in [5.74, 6) is 2.56. The number of nitrogens with zero attached hydrogens (tertiary/aromatic N) is 5. The van der Waals surface area contributed by atoms with E-state index < -0.39 is 0 Å². The Labute approximate surface area is 167 Å². The van der Waals surface area contributed by atoms with Gasteiger partial charge in [0, 0.05) is 18.5 Å². The van der Waals surface area contributed by atoms with Crippen LogP contribution in [0.2, 0.25) is 0 Å². The summed E-state index contributed by atoms with van der Waals surface area (Å²) < 4.78 is 1.52. The Kier molecular flexibility index (Phi) is 4.24. The number of nitriles is 1. The number of rotatable bonds is 7. The summed E-state index contributed by atoms with van der Waals surface area (Å²) in [7, 11) is 0. The van der Waals surface area contributed by atoms with Crippen molar-refractivity contribution in [1.29, 1.82) is 5.26 Å². The van der Waals surface area contributed by atoms with Crippen molar-refractivity contribution in [3.8, 4) is 6.07 Å². The van der Waals surface area contributed by atoms with Gasteiger partial charge in [-0.2, -0.15) is 9.78 Å². The Hall–Kier alpha value is -3.67. The second kappa shape index (κ2) is 7.05. The van der Waals surface area contributed by atoms with Gasteiger partial charge in [0.2, 0.25) is 5.91 Å². The molecule has 0 aromatic carbocycles. The minimum absolute atomic E-state index is 0.0134. The molecular weight excluding hydrogens is 368 g/mol. The summed E-state index contributed by atoms with van der Waals surface area (Å²) in [6.07, 6.45) is 5.85. The number of hydrogen-bond donors (Lipinski definition) is 3. The molecule has 146 valence electrons. The van der Waals surface area contributed by atoms with Gasteiger partial charge in [-0.25, -0.2) is 9.97 Å². The molecule has 0 saturated heterocycles. The van der Waals surface area contributed by atoms with Crippen molar-refractivity contribution in [3.05, 3.63) is 36.2 Å². The highest BCUT2D eigenvalue weighted by molar-refractivity contribution is 5.93. The average molecular weight is 388 g/mol. The summed E-state index contributed by atoms with van der Waals surface area (Å²) in [5, 5.41) is 23.3. The third kappa shape index (κ3) is 3.82. The maximum Gasteiger partial charge on any atom is 0.228 e. The van der Waals surface area contributed by atoms with Crippen LogP contribution in [0.15, 0.2) is 30.5 Å². The van der Waals surface area contributed by atoms with E-state index in [1.165, 1.54) is 23.6 Å². The first-order chi connectivity index (χ1) is 14.2. The van der Waals surface area contributed by atoms with Crippen LogP contribution in [0, 0.1) is 23.2 Å². The van der Waals surface area contributed by atoms with E-state index in [4.69, 9.17) is 0 Å². The fourth-order valence-corrected chi connectivity index (χ4v) is 3.08. The molecule has 1 amide bonds. The van der Waals surface area contributed by atoms with E-state index in [0.29, 0.717) is 40.4 Å². The molecule has 0 radical (unpaired) electrons. The number of anilines is 4. The van der Waals surface area contributed by atoms with E-state index in [0.717, 1.165) is 19.4 Å². The van der Waals surface area contributed by atoms with Gasteiger partial charge in [0.25, 0.3) is 0 Å². The minimum atomic E-state index is 0.0134. The molecule has 2 aliphatic carbocycles. The zero-order valence-corrected chi connectivity index (χ0v) is 15.7. The van der Waals surface area contributed by atoms with Crippen molar-refractivity contribution in [2.24, 2.45) is 11.8 Å². The highest BCUT2D eigenvalue weighted by atomic mass is 16.2. The van der Waals surface area contributed by atoms with Crippen molar-refractivity contribution < 1.29 is 4.79 Å². The first kappa shape index (κ1) is 17.4. The number of pyridine rings is 1. The van der Waals surface area contributed by atoms with Gasteiger partial charge in [0.15, 0.2) is 11.3 Å². The molecule has 9 heteroatoms. The fraction of sp³-hybridized carbons (Fsp3) is 0.350. The van der Waals surface area contributed by atoms with Crippen molar-refractivity contribution >= 4 is 34.7 Å². The van der Waals surface area contributed by atoms with Gasteiger partial charge in [-0.15, -0.1) is 5.10 Å². The van der Waals surface area contributed by atoms with Crippen LogP contribution in [0.5, 0.6) is 0 Å². The van der Waals surface area contributed by atoms with Crippen molar-refractivity contribution in [1.82, 2.24) is 19.6 Å². The number of hydrogen-bond acceptors (Lipinski definition) is 7. The van der Waals surface area contributed by atoms with E-state index in [9.17, 15) is 10.1 Å². The van der Waals surface area contributed by atoms with E-state index in [-0.39, 0.29) is 11.8 Å². The fourth-order valence-electron chi connectivity index (χ4n) is 3.08. The summed E-state index contributed by atoms with van der Waals surface area (Å²) in [4.78, 5) is 20.8. The van der Waals surface area contributed by atoms with Crippen LogP contribution in [-0.2, 0) is 4.79 Å². The van der Waals surface area contributed by atoms with Gasteiger partial charge in [-0.1, -0.05) is 6.07 Å². The van der Waals surface area contributed by atoms with Gasteiger partial charge in [-0.05, 0) is 43.7 Å². The van der Waals surface area contributed by atoms with Crippen molar-refractivity contribution in [2.75, 3.05) is 22.5 Å². The number of imidazole rings is 1. The lowest BCUT2D eigenvalue weighted by Gasteiger charge is -2.12. The molecule has 3 aromatic rings. The molecule has 2 saturated carbocycles. The van der Waals surface area contributed by atoms with Crippen LogP contribution >= 0.6 is 0 Å². The van der Waals surface area contributed by atoms with Crippen LogP contribution in [0.3, 0.4) is 0 Å². The lowest BCUT2D eigenvalue weighted by molar-refractivity contribution is -0.117. The smallest absolute Gasteiger partial charge is 0.228 e. The Morgan fingerprint density at radius 2 is 2.03 bits per heavy atom. The standard InChI is InChI=1S/C20H20N8O/c21-9-14-11-23-19-15(8-18(27-28(14)19)22-10-12-4-5-12)24-16-2-1-3-17(25-16)26-20(29)13-6-7-13/h1-3,8,11-13H,4-7,10H2,(H,22,27)(H2,24,25,26,29). The molecule has 0 bridgehead atoms. The summed E-state index contributed by atoms with van der Waals surface area (Å²) in [6.45, 7) is 0.857. The second-order valence-corrected chi connectivity index (χ2v) is 7.55. The molecule has 5 rings (SSSR count). The Morgan fingerprint density at radius 1 is 1.21 bits per heavy atom. The topological polar surface area (TPSA) is 120 Å². The number of nitrogens with one attached hydrogen (secondary N) is 3. The molecule has 3 heterocycles. The Morgan fingerprint density at radius 3 is 2.79 bits per heavy atom. The number of fused-ring (bicyclic) bond motifs is 1. The van der Waals surface area contributed by atoms with E-state index in [1.807, 2.05) is 18.2 Å². The van der Waals surface area contributed by atoms with Gasteiger partial charge in [0.05, 0.1) is 11.9 Å². The number of carbonyl (C=O) groups is 1. The van der Waals surface area contributed by atoms with Crippen molar-refractivity contribution in [2.45, 2.75) is 25.7 Å². The zero-order valence-electron chi connectivity index (χ0n) is 15.7. The molecule has 29 heavy (non-hydrogen) atoms. The van der Waals surface area contributed by atoms with Gasteiger partial charge in [-0.3, -0.25) is 4.79 Å². The zero-order chi connectivity index (χ0) is 19.8. The quantitative estimate of drug-likeness (QED) is 0.569. The van der Waals surface area contributed by atoms with Gasteiger partial charge >= 0.3 is 0 Å². The maximum atomic E-state index is 12.0. The van der Waals surface area contributed by atoms with Gasteiger partial charge < -0.3 is 16.0 Å². The third-order valence-electron chi connectivity index (χ3n) is 5.06. The molecule has 0 spiro atoms. The lowest BCUT2D eigenvalue weighted by Crippen LogP contribution is -2.14. The van der Waals surface area contributed by atoms with Crippen LogP contribution in [-0.4, -0.2) is 32.0 Å². The number of amides is 1. The lowest BCUT2D eigenvalue weighted by atomic mass is 10.3. The minimum Gasteiger partial charge on any atom is -0.368 e.